The van der Waals surface area contributed by atoms with E-state index in [-0.39, 0.29) is 35.5 Å². The second-order valence-corrected chi connectivity index (χ2v) is 13.5. The van der Waals surface area contributed by atoms with Gasteiger partial charge in [-0.2, -0.15) is 0 Å². The predicted molar refractivity (Wildman–Crippen MR) is 172 cm³/mol. The Balaban J connectivity index is 0.981. The highest BCUT2D eigenvalue weighted by molar-refractivity contribution is 6.22. The van der Waals surface area contributed by atoms with Crippen LogP contribution in [0, 0.1) is 35.5 Å². The fourth-order valence-corrected chi connectivity index (χ4v) is 7.63. The molecule has 2 aromatic carbocycles. The van der Waals surface area contributed by atoms with Crippen molar-refractivity contribution in [2.24, 2.45) is 35.5 Å². The van der Waals surface area contributed by atoms with Crippen molar-refractivity contribution in [2.45, 2.75) is 78.1 Å². The molecule has 3 fully saturated rings. The van der Waals surface area contributed by atoms with Crippen LogP contribution in [0.2, 0.25) is 0 Å². The fourth-order valence-electron chi connectivity index (χ4n) is 7.63. The molecule has 7 nitrogen and oxygen atoms in total. The maximum atomic E-state index is 12.9. The van der Waals surface area contributed by atoms with E-state index in [0.717, 1.165) is 49.0 Å². The zero-order chi connectivity index (χ0) is 31.5. The lowest BCUT2D eigenvalue weighted by Crippen LogP contribution is -2.30. The van der Waals surface area contributed by atoms with Gasteiger partial charge < -0.3 is 9.47 Å². The van der Waals surface area contributed by atoms with Gasteiger partial charge in [0.1, 0.15) is 11.5 Å². The summed E-state index contributed by atoms with van der Waals surface area (Å²) in [5, 5.41) is 0. The number of benzene rings is 2. The quantitative estimate of drug-likeness (QED) is 0.105. The lowest BCUT2D eigenvalue weighted by atomic mass is 9.69. The number of carbonyl (C=O) groups excluding carboxylic acids is 4. The Morgan fingerprint density at radius 1 is 0.711 bits per heavy atom. The van der Waals surface area contributed by atoms with E-state index in [4.69, 9.17) is 9.47 Å². The molecule has 2 saturated carbocycles. The largest absolute Gasteiger partial charge is 0.426 e. The highest BCUT2D eigenvalue weighted by atomic mass is 16.5. The maximum absolute atomic E-state index is 12.9. The minimum absolute atomic E-state index is 0.0349. The van der Waals surface area contributed by atoms with E-state index < -0.39 is 5.97 Å². The van der Waals surface area contributed by atoms with Crippen LogP contribution in [0.4, 0.5) is 5.69 Å². The van der Waals surface area contributed by atoms with Crippen molar-refractivity contribution in [3.63, 3.8) is 0 Å². The number of fused-ring (bicyclic) bond motifs is 1. The van der Waals surface area contributed by atoms with Crippen LogP contribution in [0.15, 0.2) is 66.3 Å². The molecule has 0 bridgehead atoms. The first-order chi connectivity index (χ1) is 21.8. The summed E-state index contributed by atoms with van der Waals surface area (Å²) in [6.07, 6.45) is 16.3. The zero-order valence-corrected chi connectivity index (χ0v) is 26.3. The van der Waals surface area contributed by atoms with Crippen molar-refractivity contribution >= 4 is 35.5 Å². The van der Waals surface area contributed by atoms with Crippen LogP contribution < -0.4 is 14.4 Å². The molecule has 6 rings (SSSR count). The molecule has 236 valence electrons. The lowest BCUT2D eigenvalue weighted by molar-refractivity contribution is -0.140. The molecule has 7 heteroatoms. The zero-order valence-electron chi connectivity index (χ0n) is 26.3. The summed E-state index contributed by atoms with van der Waals surface area (Å²) in [5.41, 5.74) is 1.66. The number of hydrogen-bond acceptors (Lipinski definition) is 6. The minimum Gasteiger partial charge on any atom is -0.426 e. The second kappa shape index (κ2) is 13.6. The Hall–Kier alpha value is -4.00. The van der Waals surface area contributed by atoms with Crippen molar-refractivity contribution in [2.75, 3.05) is 4.90 Å². The van der Waals surface area contributed by atoms with E-state index in [1.54, 1.807) is 49.4 Å². The van der Waals surface area contributed by atoms with Gasteiger partial charge in [0.25, 0.3) is 0 Å². The number of ether oxygens (including phenoxy) is 2. The number of anilines is 1. The van der Waals surface area contributed by atoms with Crippen LogP contribution in [0.1, 0.15) is 83.6 Å². The summed E-state index contributed by atoms with van der Waals surface area (Å²) in [6, 6.07) is 13.6. The van der Waals surface area contributed by atoms with E-state index >= 15 is 0 Å². The van der Waals surface area contributed by atoms with Crippen molar-refractivity contribution < 1.29 is 28.7 Å². The van der Waals surface area contributed by atoms with E-state index in [2.05, 4.69) is 6.92 Å². The van der Waals surface area contributed by atoms with Gasteiger partial charge in [-0.25, -0.2) is 4.79 Å². The number of hydrogen-bond donors (Lipinski definition) is 0. The molecule has 1 aliphatic heterocycles. The molecule has 1 heterocycles. The van der Waals surface area contributed by atoms with E-state index in [1.165, 1.54) is 30.6 Å². The molecule has 3 aliphatic carbocycles. The molecule has 2 aromatic rings. The van der Waals surface area contributed by atoms with Gasteiger partial charge >= 0.3 is 11.9 Å². The van der Waals surface area contributed by atoms with Crippen LogP contribution in [0.25, 0.3) is 6.08 Å². The Kier molecular flexibility index (Phi) is 9.34. The Bertz CT molecular complexity index is 1450. The summed E-state index contributed by atoms with van der Waals surface area (Å²) in [4.78, 5) is 52.6. The van der Waals surface area contributed by atoms with E-state index in [1.807, 2.05) is 24.3 Å². The van der Waals surface area contributed by atoms with Crippen LogP contribution in [-0.2, 0) is 19.2 Å². The van der Waals surface area contributed by atoms with Gasteiger partial charge in [0.15, 0.2) is 0 Å². The number of esters is 2. The Morgan fingerprint density at radius 3 is 1.80 bits per heavy atom. The normalized spacial score (nSPS) is 28.5. The third-order valence-corrected chi connectivity index (χ3v) is 10.4. The first-order valence-corrected chi connectivity index (χ1v) is 16.6. The van der Waals surface area contributed by atoms with Crippen LogP contribution in [-0.4, -0.2) is 23.8 Å². The van der Waals surface area contributed by atoms with Crippen molar-refractivity contribution in [1.82, 2.24) is 0 Å². The molecule has 0 aromatic heterocycles. The van der Waals surface area contributed by atoms with Crippen LogP contribution in [0.5, 0.6) is 11.5 Å². The topological polar surface area (TPSA) is 90.0 Å². The summed E-state index contributed by atoms with van der Waals surface area (Å²) in [6.45, 7) is 4.03. The maximum Gasteiger partial charge on any atom is 0.339 e. The first kappa shape index (κ1) is 31.0. The molecule has 2 amide bonds. The molecule has 45 heavy (non-hydrogen) atoms. The van der Waals surface area contributed by atoms with Gasteiger partial charge in [0.05, 0.1) is 23.4 Å². The third kappa shape index (κ3) is 6.98. The summed E-state index contributed by atoms with van der Waals surface area (Å²) < 4.78 is 11.3. The van der Waals surface area contributed by atoms with Crippen molar-refractivity contribution in [3.8, 4) is 11.5 Å². The minimum atomic E-state index is -0.512. The van der Waals surface area contributed by atoms with Crippen molar-refractivity contribution in [3.05, 3.63) is 71.8 Å². The summed E-state index contributed by atoms with van der Waals surface area (Å²) in [7, 11) is 0. The number of amides is 2. The smallest absolute Gasteiger partial charge is 0.339 e. The van der Waals surface area contributed by atoms with Gasteiger partial charge in [0.2, 0.25) is 11.8 Å². The SMILES string of the molecule is C/C(=C\c1ccc(OC(=O)C2CCC(C3CCC(C)CC3)CC2)cc1)C(=O)Oc1ccc(N2C(=O)C3CC=CCC3C2=O)cc1. The molecule has 1 saturated heterocycles. The summed E-state index contributed by atoms with van der Waals surface area (Å²) in [5.74, 6) is 1.64. The third-order valence-electron chi connectivity index (χ3n) is 10.4. The summed E-state index contributed by atoms with van der Waals surface area (Å²) >= 11 is 0. The number of carbonyl (C=O) groups is 4. The highest BCUT2D eigenvalue weighted by Gasteiger charge is 2.47. The molecule has 2 atom stereocenters. The average molecular weight is 610 g/mol. The van der Waals surface area contributed by atoms with Gasteiger partial charge in [-0.3, -0.25) is 19.3 Å². The Labute approximate surface area is 265 Å². The molecule has 2 unspecified atom stereocenters. The van der Waals surface area contributed by atoms with Gasteiger partial charge in [-0.1, -0.05) is 44.1 Å². The van der Waals surface area contributed by atoms with E-state index in [9.17, 15) is 19.2 Å². The first-order valence-electron chi connectivity index (χ1n) is 16.6. The van der Waals surface area contributed by atoms with Gasteiger partial charge in [0, 0.05) is 5.57 Å². The van der Waals surface area contributed by atoms with Crippen molar-refractivity contribution in [1.29, 1.82) is 0 Å². The van der Waals surface area contributed by atoms with Crippen LogP contribution in [0.3, 0.4) is 0 Å². The lowest BCUT2D eigenvalue weighted by Gasteiger charge is -2.36. The average Bonchev–Trinajstić information content (AvgIpc) is 3.32. The van der Waals surface area contributed by atoms with Crippen LogP contribution >= 0.6 is 0 Å². The van der Waals surface area contributed by atoms with Gasteiger partial charge in [-0.15, -0.1) is 0 Å². The molecule has 0 radical (unpaired) electrons. The predicted octanol–water partition coefficient (Wildman–Crippen LogP) is 7.69. The molecule has 0 N–H and O–H groups in total. The highest BCUT2D eigenvalue weighted by Crippen LogP contribution is 2.42. The molecular weight excluding hydrogens is 566 g/mol. The molecule has 0 spiro atoms. The number of allylic oxidation sites excluding steroid dienone is 2. The monoisotopic (exact) mass is 609 g/mol. The number of imide groups is 1. The fraction of sp³-hybridized carbons (Fsp3) is 0.474. The standard InChI is InChI=1S/C38H43NO6/c1-24-7-11-27(12-8-24)28-13-15-29(16-14-28)38(43)45-31-19-9-26(10-20-31)23-25(2)37(42)44-32-21-17-30(18-22-32)39-35(40)33-5-3-4-6-34(33)36(39)41/h3-4,9-10,17-24,27-29,33-34H,5-8,11-16H2,1-2H3/b25-23+. The van der Waals surface area contributed by atoms with E-state index in [0.29, 0.717) is 35.6 Å². The van der Waals surface area contributed by atoms with Gasteiger partial charge in [-0.05, 0) is 124 Å². The Morgan fingerprint density at radius 2 is 1.22 bits per heavy atom. The second-order valence-electron chi connectivity index (χ2n) is 13.5. The number of rotatable bonds is 7. The molecule has 4 aliphatic rings. The number of nitrogens with zero attached hydrogens (tertiary/aromatic N) is 1. The molecular formula is C38H43NO6.